The van der Waals surface area contributed by atoms with E-state index >= 15 is 0 Å². The van der Waals surface area contributed by atoms with Crippen LogP contribution in [0.2, 0.25) is 0 Å². The van der Waals surface area contributed by atoms with E-state index in [-0.39, 0.29) is 18.3 Å². The van der Waals surface area contributed by atoms with Crippen LogP contribution in [-0.2, 0) is 0 Å². The van der Waals surface area contributed by atoms with Crippen molar-refractivity contribution >= 4 is 18.3 Å². The molecule has 2 unspecified atom stereocenters. The second-order valence-electron chi connectivity index (χ2n) is 6.69. The van der Waals surface area contributed by atoms with Crippen LogP contribution in [0.15, 0.2) is 42.7 Å². The fourth-order valence-electron chi connectivity index (χ4n) is 3.87. The molecule has 2 saturated heterocycles. The maximum atomic E-state index is 12.8. The average molecular weight is 347 g/mol. The molecule has 24 heavy (non-hydrogen) atoms. The normalized spacial score (nSPS) is 25.1. The molecule has 1 amide bonds. The number of halogens is 1. The van der Waals surface area contributed by atoms with Crippen LogP contribution in [0.25, 0.3) is 5.69 Å². The summed E-state index contributed by atoms with van der Waals surface area (Å²) in [6.45, 7) is 0. The van der Waals surface area contributed by atoms with Crippen LogP contribution < -0.4 is 5.32 Å². The SMILES string of the molecule is CN(C(=O)c1cnn(-c2ccccc2)c1)C1CC2CCC(C1)N2.Cl. The molecule has 2 aromatic rings. The van der Waals surface area contributed by atoms with Gasteiger partial charge in [0.25, 0.3) is 5.91 Å². The van der Waals surface area contributed by atoms with Gasteiger partial charge >= 0.3 is 0 Å². The first-order valence-electron chi connectivity index (χ1n) is 8.34. The van der Waals surface area contributed by atoms with Crippen LogP contribution in [-0.4, -0.2) is 45.8 Å². The van der Waals surface area contributed by atoms with E-state index in [0.29, 0.717) is 23.7 Å². The van der Waals surface area contributed by atoms with E-state index in [1.165, 1.54) is 12.8 Å². The van der Waals surface area contributed by atoms with Gasteiger partial charge in [-0.05, 0) is 37.8 Å². The minimum Gasteiger partial charge on any atom is -0.339 e. The number of hydrogen-bond acceptors (Lipinski definition) is 3. The van der Waals surface area contributed by atoms with Gasteiger partial charge < -0.3 is 10.2 Å². The molecule has 2 aliphatic heterocycles. The van der Waals surface area contributed by atoms with E-state index in [0.717, 1.165) is 18.5 Å². The Morgan fingerprint density at radius 2 is 1.88 bits per heavy atom. The topological polar surface area (TPSA) is 50.2 Å². The third kappa shape index (κ3) is 3.19. The molecule has 6 heteroatoms. The average Bonchev–Trinajstić information content (AvgIpc) is 3.21. The Hall–Kier alpha value is -1.85. The van der Waals surface area contributed by atoms with Crippen molar-refractivity contribution in [3.63, 3.8) is 0 Å². The summed E-state index contributed by atoms with van der Waals surface area (Å²) in [5.41, 5.74) is 1.62. The Kier molecular flexibility index (Phi) is 4.92. The maximum Gasteiger partial charge on any atom is 0.257 e. The van der Waals surface area contributed by atoms with Gasteiger partial charge in [-0.25, -0.2) is 4.68 Å². The number of nitrogens with one attached hydrogen (secondary N) is 1. The Morgan fingerprint density at radius 1 is 1.21 bits per heavy atom. The fraction of sp³-hybridized carbons (Fsp3) is 0.444. The van der Waals surface area contributed by atoms with E-state index in [2.05, 4.69) is 10.4 Å². The lowest BCUT2D eigenvalue weighted by Gasteiger charge is -2.35. The monoisotopic (exact) mass is 346 g/mol. The van der Waals surface area contributed by atoms with E-state index in [1.807, 2.05) is 48.5 Å². The van der Waals surface area contributed by atoms with Crippen LogP contribution in [0.1, 0.15) is 36.0 Å². The van der Waals surface area contributed by atoms with Crippen LogP contribution >= 0.6 is 12.4 Å². The number of carbonyl (C=O) groups is 1. The predicted molar refractivity (Wildman–Crippen MR) is 95.9 cm³/mol. The van der Waals surface area contributed by atoms with Crippen molar-refractivity contribution in [2.45, 2.75) is 43.8 Å². The van der Waals surface area contributed by atoms with Gasteiger partial charge in [-0.2, -0.15) is 5.10 Å². The van der Waals surface area contributed by atoms with Crippen molar-refractivity contribution in [3.8, 4) is 5.69 Å². The molecule has 2 atom stereocenters. The zero-order valence-electron chi connectivity index (χ0n) is 13.8. The molecule has 2 aliphatic rings. The molecule has 2 fully saturated rings. The van der Waals surface area contributed by atoms with Crippen molar-refractivity contribution in [3.05, 3.63) is 48.3 Å². The highest BCUT2D eigenvalue weighted by Gasteiger charge is 2.36. The molecule has 5 nitrogen and oxygen atoms in total. The predicted octanol–water partition coefficient (Wildman–Crippen LogP) is 2.65. The maximum absolute atomic E-state index is 12.8. The molecule has 128 valence electrons. The van der Waals surface area contributed by atoms with Crippen LogP contribution in [0.3, 0.4) is 0 Å². The summed E-state index contributed by atoms with van der Waals surface area (Å²) in [5, 5.41) is 7.96. The Bertz CT molecular complexity index is 690. The number of benzene rings is 1. The first-order valence-corrected chi connectivity index (χ1v) is 8.34. The number of aromatic nitrogens is 2. The summed E-state index contributed by atoms with van der Waals surface area (Å²) in [6.07, 6.45) is 8.10. The summed E-state index contributed by atoms with van der Waals surface area (Å²) in [5.74, 6) is 0.0680. The smallest absolute Gasteiger partial charge is 0.257 e. The van der Waals surface area contributed by atoms with E-state index < -0.39 is 0 Å². The van der Waals surface area contributed by atoms with E-state index in [9.17, 15) is 4.79 Å². The molecule has 0 saturated carbocycles. The zero-order chi connectivity index (χ0) is 15.8. The van der Waals surface area contributed by atoms with Gasteiger partial charge in [-0.15, -0.1) is 12.4 Å². The number of fused-ring (bicyclic) bond motifs is 2. The highest BCUT2D eigenvalue weighted by atomic mass is 35.5. The third-order valence-corrected chi connectivity index (χ3v) is 5.17. The van der Waals surface area contributed by atoms with Crippen molar-refractivity contribution in [2.75, 3.05) is 7.05 Å². The molecular formula is C18H23ClN4O. The number of rotatable bonds is 3. The molecule has 1 aromatic carbocycles. The quantitative estimate of drug-likeness (QED) is 0.929. The number of nitrogens with zero attached hydrogens (tertiary/aromatic N) is 3. The molecular weight excluding hydrogens is 324 g/mol. The number of piperidine rings is 1. The van der Waals surface area contributed by atoms with Crippen molar-refractivity contribution < 1.29 is 4.79 Å². The van der Waals surface area contributed by atoms with Gasteiger partial charge in [0, 0.05) is 31.4 Å². The summed E-state index contributed by atoms with van der Waals surface area (Å²) >= 11 is 0. The van der Waals surface area contributed by atoms with Gasteiger partial charge in [-0.1, -0.05) is 18.2 Å². The Labute approximate surface area is 148 Å². The van der Waals surface area contributed by atoms with Crippen molar-refractivity contribution in [2.24, 2.45) is 0 Å². The number of amides is 1. The lowest BCUT2D eigenvalue weighted by molar-refractivity contribution is 0.0681. The van der Waals surface area contributed by atoms with Gasteiger partial charge in [0.1, 0.15) is 0 Å². The van der Waals surface area contributed by atoms with Gasteiger partial charge in [-0.3, -0.25) is 4.79 Å². The van der Waals surface area contributed by atoms with Crippen LogP contribution in [0.5, 0.6) is 0 Å². The van der Waals surface area contributed by atoms with Crippen LogP contribution in [0, 0.1) is 0 Å². The molecule has 0 radical (unpaired) electrons. The molecule has 0 spiro atoms. The van der Waals surface area contributed by atoms with Gasteiger partial charge in [0.2, 0.25) is 0 Å². The molecule has 1 N–H and O–H groups in total. The van der Waals surface area contributed by atoms with Crippen LogP contribution in [0.4, 0.5) is 0 Å². The second kappa shape index (κ2) is 6.95. The number of hydrogen-bond donors (Lipinski definition) is 1. The first-order chi connectivity index (χ1) is 11.2. The number of carbonyl (C=O) groups excluding carboxylic acids is 1. The van der Waals surface area contributed by atoms with Gasteiger partial charge in [0.15, 0.2) is 0 Å². The Balaban J connectivity index is 0.00000169. The first kappa shape index (κ1) is 17.0. The molecule has 1 aromatic heterocycles. The zero-order valence-corrected chi connectivity index (χ0v) is 14.6. The largest absolute Gasteiger partial charge is 0.339 e. The highest BCUT2D eigenvalue weighted by Crippen LogP contribution is 2.29. The van der Waals surface area contributed by atoms with E-state index in [1.54, 1.807) is 10.9 Å². The summed E-state index contributed by atoms with van der Waals surface area (Å²) in [6, 6.07) is 11.4. The lowest BCUT2D eigenvalue weighted by atomic mass is 9.98. The fourth-order valence-corrected chi connectivity index (χ4v) is 3.87. The minimum atomic E-state index is 0. The standard InChI is InChI=1S/C18H22N4O.ClH/c1-21(17-9-14-7-8-15(10-17)20-14)18(23)13-11-19-22(12-13)16-5-3-2-4-6-16;/h2-6,11-12,14-15,17,20H,7-10H2,1H3;1H. The lowest BCUT2D eigenvalue weighted by Crippen LogP contribution is -2.48. The van der Waals surface area contributed by atoms with Gasteiger partial charge in [0.05, 0.1) is 17.4 Å². The summed E-state index contributed by atoms with van der Waals surface area (Å²) < 4.78 is 1.76. The summed E-state index contributed by atoms with van der Waals surface area (Å²) in [4.78, 5) is 14.7. The molecule has 2 bridgehead atoms. The second-order valence-corrected chi connectivity index (χ2v) is 6.69. The molecule has 0 aliphatic carbocycles. The van der Waals surface area contributed by atoms with Crippen molar-refractivity contribution in [1.82, 2.24) is 20.0 Å². The Morgan fingerprint density at radius 3 is 2.54 bits per heavy atom. The van der Waals surface area contributed by atoms with E-state index in [4.69, 9.17) is 0 Å². The summed E-state index contributed by atoms with van der Waals surface area (Å²) in [7, 11) is 1.93. The molecule has 3 heterocycles. The third-order valence-electron chi connectivity index (χ3n) is 5.17. The molecule has 4 rings (SSSR count). The van der Waals surface area contributed by atoms with Crippen molar-refractivity contribution in [1.29, 1.82) is 0 Å². The number of para-hydroxylation sites is 1. The minimum absolute atomic E-state index is 0. The highest BCUT2D eigenvalue weighted by molar-refractivity contribution is 5.93.